The van der Waals surface area contributed by atoms with Gasteiger partial charge in [-0.3, -0.25) is 10.3 Å². The van der Waals surface area contributed by atoms with Crippen LogP contribution < -0.4 is 5.73 Å². The second kappa shape index (κ2) is 4.11. The lowest BCUT2D eigenvalue weighted by molar-refractivity contribution is 0.263. The van der Waals surface area contributed by atoms with Crippen LogP contribution in [0, 0.1) is 5.41 Å². The lowest BCUT2D eigenvalue weighted by Gasteiger charge is -2.26. The molecule has 1 aliphatic heterocycles. The minimum Gasteiger partial charge on any atom is -0.388 e. The van der Waals surface area contributed by atoms with E-state index in [9.17, 15) is 0 Å². The fourth-order valence-electron chi connectivity index (χ4n) is 1.78. The van der Waals surface area contributed by atoms with Crippen LogP contribution in [-0.2, 0) is 13.0 Å². The van der Waals surface area contributed by atoms with E-state index in [2.05, 4.69) is 16.3 Å². The molecule has 3 N–H and O–H groups in total. The molecular formula is C10H15N3S. The molecule has 0 amide bonds. The molecule has 1 aromatic rings. The molecule has 0 spiro atoms. The molecule has 0 aliphatic carbocycles. The highest BCUT2D eigenvalue weighted by molar-refractivity contribution is 7.10. The monoisotopic (exact) mass is 209 g/mol. The van der Waals surface area contributed by atoms with Crippen molar-refractivity contribution >= 4 is 17.2 Å². The summed E-state index contributed by atoms with van der Waals surface area (Å²) >= 11 is 1.86. The molecule has 2 rings (SSSR count). The third kappa shape index (κ3) is 2.13. The van der Waals surface area contributed by atoms with E-state index < -0.39 is 0 Å². The first kappa shape index (κ1) is 9.68. The van der Waals surface area contributed by atoms with Gasteiger partial charge in [0.1, 0.15) is 0 Å². The second-order valence-corrected chi connectivity index (χ2v) is 4.67. The zero-order chi connectivity index (χ0) is 9.97. The zero-order valence-electron chi connectivity index (χ0n) is 8.12. The molecule has 0 aromatic carbocycles. The normalized spacial score (nSPS) is 16.6. The Morgan fingerprint density at radius 3 is 3.29 bits per heavy atom. The first-order valence-corrected chi connectivity index (χ1v) is 5.74. The number of fused-ring (bicyclic) bond motifs is 1. The molecule has 0 fully saturated rings. The van der Waals surface area contributed by atoms with Crippen LogP contribution in [0.25, 0.3) is 0 Å². The molecule has 76 valence electrons. The molecule has 4 heteroatoms. The average Bonchev–Trinajstić information content (AvgIpc) is 2.61. The number of thiophene rings is 1. The van der Waals surface area contributed by atoms with Crippen LogP contribution >= 0.6 is 11.3 Å². The van der Waals surface area contributed by atoms with Gasteiger partial charge in [-0.15, -0.1) is 11.3 Å². The SMILES string of the molecule is N=C(N)CCN1CCc2sccc2C1. The first-order valence-electron chi connectivity index (χ1n) is 4.86. The Bertz CT molecular complexity index is 332. The van der Waals surface area contributed by atoms with Gasteiger partial charge >= 0.3 is 0 Å². The number of nitrogens with one attached hydrogen (secondary N) is 1. The quantitative estimate of drug-likeness (QED) is 0.584. The van der Waals surface area contributed by atoms with Crippen LogP contribution in [0.15, 0.2) is 11.4 Å². The Kier molecular flexibility index (Phi) is 2.84. The summed E-state index contributed by atoms with van der Waals surface area (Å²) in [5, 5.41) is 9.35. The van der Waals surface area contributed by atoms with Gasteiger partial charge in [-0.05, 0) is 23.4 Å². The summed E-state index contributed by atoms with van der Waals surface area (Å²) in [4.78, 5) is 3.90. The fourth-order valence-corrected chi connectivity index (χ4v) is 2.67. The highest BCUT2D eigenvalue weighted by Crippen LogP contribution is 2.23. The Balaban J connectivity index is 1.91. The smallest absolute Gasteiger partial charge is 0.0918 e. The van der Waals surface area contributed by atoms with Gasteiger partial charge in [-0.2, -0.15) is 0 Å². The third-order valence-electron chi connectivity index (χ3n) is 2.58. The van der Waals surface area contributed by atoms with Crippen molar-refractivity contribution in [1.82, 2.24) is 4.90 Å². The first-order chi connectivity index (χ1) is 6.75. The van der Waals surface area contributed by atoms with Gasteiger partial charge in [-0.25, -0.2) is 0 Å². The van der Waals surface area contributed by atoms with E-state index in [1.807, 2.05) is 11.3 Å². The average molecular weight is 209 g/mol. The van der Waals surface area contributed by atoms with Crippen molar-refractivity contribution in [3.05, 3.63) is 21.9 Å². The maximum atomic E-state index is 7.18. The highest BCUT2D eigenvalue weighted by Gasteiger charge is 2.16. The van der Waals surface area contributed by atoms with Crippen LogP contribution in [0.2, 0.25) is 0 Å². The highest BCUT2D eigenvalue weighted by atomic mass is 32.1. The van der Waals surface area contributed by atoms with Gasteiger partial charge in [0.05, 0.1) is 5.84 Å². The lowest BCUT2D eigenvalue weighted by Crippen LogP contribution is -2.32. The van der Waals surface area contributed by atoms with Crippen molar-refractivity contribution in [2.75, 3.05) is 13.1 Å². The van der Waals surface area contributed by atoms with Gasteiger partial charge in [-0.1, -0.05) is 0 Å². The molecule has 0 radical (unpaired) electrons. The number of nitrogens with zero attached hydrogens (tertiary/aromatic N) is 1. The summed E-state index contributed by atoms with van der Waals surface area (Å²) in [6.45, 7) is 3.07. The second-order valence-electron chi connectivity index (χ2n) is 3.67. The molecule has 0 saturated carbocycles. The van der Waals surface area contributed by atoms with Gasteiger partial charge in [0, 0.05) is 30.9 Å². The van der Waals surface area contributed by atoms with Crippen LogP contribution in [0.1, 0.15) is 16.9 Å². The van der Waals surface area contributed by atoms with Crippen LogP contribution in [0.4, 0.5) is 0 Å². The predicted molar refractivity (Wildman–Crippen MR) is 59.8 cm³/mol. The van der Waals surface area contributed by atoms with E-state index in [-0.39, 0.29) is 0 Å². The predicted octanol–water partition coefficient (Wildman–Crippen LogP) is 1.43. The van der Waals surface area contributed by atoms with Crippen molar-refractivity contribution in [3.63, 3.8) is 0 Å². The summed E-state index contributed by atoms with van der Waals surface area (Å²) in [5.74, 6) is 0.293. The fraction of sp³-hybridized carbons (Fsp3) is 0.500. The van der Waals surface area contributed by atoms with Crippen molar-refractivity contribution < 1.29 is 0 Å². The standard InChI is InChI=1S/C10H15N3S/c11-10(12)2-5-13-4-1-9-8(7-13)3-6-14-9/h3,6H,1-2,4-5,7H2,(H3,11,12). The third-order valence-corrected chi connectivity index (χ3v) is 3.61. The molecule has 3 nitrogen and oxygen atoms in total. The Morgan fingerprint density at radius 2 is 2.50 bits per heavy atom. The van der Waals surface area contributed by atoms with Gasteiger partial charge in [0.2, 0.25) is 0 Å². The molecule has 1 aliphatic rings. The molecule has 0 bridgehead atoms. The van der Waals surface area contributed by atoms with E-state index in [4.69, 9.17) is 11.1 Å². The number of rotatable bonds is 3. The van der Waals surface area contributed by atoms with E-state index in [1.165, 1.54) is 10.4 Å². The maximum Gasteiger partial charge on any atom is 0.0918 e. The van der Waals surface area contributed by atoms with Crippen molar-refractivity contribution in [2.24, 2.45) is 5.73 Å². The Hall–Kier alpha value is -0.870. The Morgan fingerprint density at radius 1 is 1.64 bits per heavy atom. The van der Waals surface area contributed by atoms with E-state index in [0.29, 0.717) is 12.3 Å². The molecule has 14 heavy (non-hydrogen) atoms. The maximum absolute atomic E-state index is 7.18. The molecule has 1 aromatic heterocycles. The lowest BCUT2D eigenvalue weighted by atomic mass is 10.1. The van der Waals surface area contributed by atoms with E-state index in [1.54, 1.807) is 0 Å². The molecular weight excluding hydrogens is 194 g/mol. The number of hydrogen-bond acceptors (Lipinski definition) is 3. The van der Waals surface area contributed by atoms with Gasteiger partial charge in [0.15, 0.2) is 0 Å². The topological polar surface area (TPSA) is 53.1 Å². The summed E-state index contributed by atoms with van der Waals surface area (Å²) in [7, 11) is 0. The summed E-state index contributed by atoms with van der Waals surface area (Å²) in [5.41, 5.74) is 6.81. The number of nitrogens with two attached hydrogens (primary N) is 1. The van der Waals surface area contributed by atoms with Crippen molar-refractivity contribution in [3.8, 4) is 0 Å². The van der Waals surface area contributed by atoms with Crippen LogP contribution in [-0.4, -0.2) is 23.8 Å². The van der Waals surface area contributed by atoms with Crippen LogP contribution in [0.5, 0.6) is 0 Å². The molecule has 2 heterocycles. The molecule has 0 saturated heterocycles. The van der Waals surface area contributed by atoms with Gasteiger partial charge in [0.25, 0.3) is 0 Å². The summed E-state index contributed by atoms with van der Waals surface area (Å²) in [6, 6.07) is 2.21. The minimum atomic E-state index is 0.293. The molecule has 0 unspecified atom stereocenters. The van der Waals surface area contributed by atoms with Gasteiger partial charge < -0.3 is 5.73 Å². The zero-order valence-corrected chi connectivity index (χ0v) is 8.94. The van der Waals surface area contributed by atoms with Crippen molar-refractivity contribution in [1.29, 1.82) is 5.41 Å². The summed E-state index contributed by atoms with van der Waals surface area (Å²) in [6.07, 6.45) is 1.85. The van der Waals surface area contributed by atoms with Crippen molar-refractivity contribution in [2.45, 2.75) is 19.4 Å². The number of amidine groups is 1. The van der Waals surface area contributed by atoms with Crippen LogP contribution in [0.3, 0.4) is 0 Å². The number of hydrogen-bond donors (Lipinski definition) is 2. The molecule has 0 atom stereocenters. The minimum absolute atomic E-state index is 0.293. The van der Waals surface area contributed by atoms with E-state index >= 15 is 0 Å². The summed E-state index contributed by atoms with van der Waals surface area (Å²) < 4.78 is 0. The van der Waals surface area contributed by atoms with E-state index in [0.717, 1.165) is 26.1 Å². The Labute approximate surface area is 88.0 Å². The largest absolute Gasteiger partial charge is 0.388 e.